The van der Waals surface area contributed by atoms with Crippen LogP contribution in [0.15, 0.2) is 24.3 Å². The molecule has 1 amide bonds. The Bertz CT molecular complexity index is 601. The van der Waals surface area contributed by atoms with Crippen molar-refractivity contribution < 1.29 is 19.1 Å². The first-order chi connectivity index (χ1) is 11.9. The molecule has 0 unspecified atom stereocenters. The van der Waals surface area contributed by atoms with E-state index in [0.29, 0.717) is 5.92 Å². The van der Waals surface area contributed by atoms with Crippen LogP contribution >= 0.6 is 0 Å². The molecule has 1 rings (SSSR count). The van der Waals surface area contributed by atoms with E-state index in [4.69, 9.17) is 9.47 Å². The van der Waals surface area contributed by atoms with Crippen LogP contribution < -0.4 is 5.32 Å². The molecule has 1 aromatic carbocycles. The minimum atomic E-state index is -0.780. The fourth-order valence-electron chi connectivity index (χ4n) is 2.89. The van der Waals surface area contributed by atoms with Gasteiger partial charge in [-0.1, -0.05) is 43.7 Å². The molecule has 0 aliphatic carbocycles. The van der Waals surface area contributed by atoms with E-state index in [2.05, 4.69) is 43.4 Å². The number of benzene rings is 1. The Hall–Kier alpha value is -2.04. The van der Waals surface area contributed by atoms with Gasteiger partial charge >= 0.3 is 12.1 Å². The molecule has 0 heterocycles. The molecule has 5 nitrogen and oxygen atoms in total. The quantitative estimate of drug-likeness (QED) is 0.751. The Labute approximate surface area is 157 Å². The average Bonchev–Trinajstić information content (AvgIpc) is 2.46. The van der Waals surface area contributed by atoms with Gasteiger partial charge in [0.2, 0.25) is 0 Å². The molecule has 1 N–H and O–H groups in total. The number of ether oxygens (including phenoxy) is 2. The normalized spacial score (nSPS) is 15.1. The second-order valence-corrected chi connectivity index (χ2v) is 8.19. The van der Waals surface area contributed by atoms with Crippen LogP contribution in [-0.4, -0.2) is 29.8 Å². The number of aryl methyl sites for hydroxylation is 1. The maximum Gasteiger partial charge on any atom is 0.408 e. The summed E-state index contributed by atoms with van der Waals surface area (Å²) in [4.78, 5) is 24.2. The molecule has 0 fully saturated rings. The number of nitrogens with one attached hydrogen (secondary N) is 1. The van der Waals surface area contributed by atoms with Gasteiger partial charge < -0.3 is 14.8 Å². The predicted molar refractivity (Wildman–Crippen MR) is 103 cm³/mol. The van der Waals surface area contributed by atoms with Crippen LogP contribution in [0.25, 0.3) is 0 Å². The van der Waals surface area contributed by atoms with Crippen LogP contribution in [0.3, 0.4) is 0 Å². The first kappa shape index (κ1) is 22.0. The molecule has 5 heteroatoms. The molecule has 0 saturated heterocycles. The molecular formula is C21H33NO4. The highest BCUT2D eigenvalue weighted by Gasteiger charge is 2.28. The summed E-state index contributed by atoms with van der Waals surface area (Å²) < 4.78 is 10.8. The molecule has 1 aromatic rings. The Kier molecular flexibility index (Phi) is 7.67. The number of hydrogen-bond acceptors (Lipinski definition) is 4. The summed E-state index contributed by atoms with van der Waals surface area (Å²) in [5.74, 6) is -0.0935. The number of esters is 1. The Morgan fingerprint density at radius 1 is 1.00 bits per heavy atom. The molecule has 0 aliphatic rings. The Balaban J connectivity index is 2.73. The predicted octanol–water partition coefficient (Wildman–Crippen LogP) is 4.58. The first-order valence-electron chi connectivity index (χ1n) is 9.17. The number of alkyl carbamates (subject to hydrolysis) is 1. The lowest BCUT2D eigenvalue weighted by Gasteiger charge is -2.29. The van der Waals surface area contributed by atoms with Crippen molar-refractivity contribution in [1.82, 2.24) is 5.32 Å². The van der Waals surface area contributed by atoms with E-state index < -0.39 is 23.7 Å². The van der Waals surface area contributed by atoms with Crippen molar-refractivity contribution in [2.45, 2.75) is 79.1 Å². The fourth-order valence-corrected chi connectivity index (χ4v) is 2.89. The van der Waals surface area contributed by atoms with Gasteiger partial charge in [-0.25, -0.2) is 9.59 Å². The van der Waals surface area contributed by atoms with E-state index in [1.165, 1.54) is 5.56 Å². The van der Waals surface area contributed by atoms with E-state index in [1.54, 1.807) is 27.7 Å². The summed E-state index contributed by atoms with van der Waals surface area (Å²) in [6, 6.07) is 7.50. The molecule has 146 valence electrons. The van der Waals surface area contributed by atoms with E-state index >= 15 is 0 Å². The largest absolute Gasteiger partial charge is 0.460 e. The Morgan fingerprint density at radius 2 is 1.54 bits per heavy atom. The SMILES string of the molecule is Cc1ccc([C@H](C(C)C)[C@H](C)OC(=O)[C@H](C)NC(=O)OC(C)(C)C)cc1. The van der Waals surface area contributed by atoms with Crippen molar-refractivity contribution in [3.8, 4) is 0 Å². The van der Waals surface area contributed by atoms with Gasteiger partial charge in [-0.15, -0.1) is 0 Å². The number of carbonyl (C=O) groups is 2. The lowest BCUT2D eigenvalue weighted by atomic mass is 9.84. The van der Waals surface area contributed by atoms with Crippen LogP contribution in [0.4, 0.5) is 4.79 Å². The number of rotatable bonds is 6. The zero-order valence-corrected chi connectivity index (χ0v) is 17.3. The maximum atomic E-state index is 12.4. The number of carbonyl (C=O) groups excluding carboxylic acids is 2. The summed E-state index contributed by atoms with van der Waals surface area (Å²) in [6.07, 6.45) is -0.943. The summed E-state index contributed by atoms with van der Waals surface area (Å²) in [7, 11) is 0. The lowest BCUT2D eigenvalue weighted by Crippen LogP contribution is -2.43. The summed E-state index contributed by atoms with van der Waals surface area (Å²) in [5.41, 5.74) is 1.71. The van der Waals surface area contributed by atoms with Crippen LogP contribution in [0.5, 0.6) is 0 Å². The summed E-state index contributed by atoms with van der Waals surface area (Å²) in [6.45, 7) is 15.1. The third kappa shape index (κ3) is 7.06. The van der Waals surface area contributed by atoms with E-state index in [1.807, 2.05) is 13.8 Å². The highest BCUT2D eigenvalue weighted by atomic mass is 16.6. The fraction of sp³-hybridized carbons (Fsp3) is 0.619. The van der Waals surface area contributed by atoms with Crippen LogP contribution in [0, 0.1) is 12.8 Å². The smallest absolute Gasteiger partial charge is 0.408 e. The van der Waals surface area contributed by atoms with E-state index in [0.717, 1.165) is 5.56 Å². The molecule has 0 saturated carbocycles. The first-order valence-corrected chi connectivity index (χ1v) is 9.17. The van der Waals surface area contributed by atoms with Gasteiger partial charge in [0.25, 0.3) is 0 Å². The van der Waals surface area contributed by atoms with Crippen molar-refractivity contribution in [2.75, 3.05) is 0 Å². The third-order valence-corrected chi connectivity index (χ3v) is 4.08. The zero-order chi connectivity index (χ0) is 20.1. The van der Waals surface area contributed by atoms with E-state index in [-0.39, 0.29) is 12.0 Å². The average molecular weight is 363 g/mol. The molecule has 0 radical (unpaired) electrons. The molecule has 0 spiro atoms. The molecule has 26 heavy (non-hydrogen) atoms. The summed E-state index contributed by atoms with van der Waals surface area (Å²) in [5, 5.41) is 2.52. The van der Waals surface area contributed by atoms with Crippen LogP contribution in [0.1, 0.15) is 65.5 Å². The number of amides is 1. The topological polar surface area (TPSA) is 64.6 Å². The van der Waals surface area contributed by atoms with Crippen molar-refractivity contribution in [3.63, 3.8) is 0 Å². The van der Waals surface area contributed by atoms with Crippen LogP contribution in [-0.2, 0) is 14.3 Å². The van der Waals surface area contributed by atoms with Gasteiger partial charge in [-0.2, -0.15) is 0 Å². The van der Waals surface area contributed by atoms with Gasteiger partial charge in [0.1, 0.15) is 17.7 Å². The molecule has 0 aliphatic heterocycles. The molecular weight excluding hydrogens is 330 g/mol. The third-order valence-electron chi connectivity index (χ3n) is 4.08. The standard InChI is InChI=1S/C21H33NO4/c1-13(2)18(17-11-9-14(3)10-12-17)16(5)25-19(23)15(4)22-20(24)26-21(6,7)8/h9-13,15-16,18H,1-8H3,(H,22,24)/t15-,16-,18+/m0/s1. The molecule has 3 atom stereocenters. The second kappa shape index (κ2) is 9.06. The highest BCUT2D eigenvalue weighted by molar-refractivity contribution is 5.81. The lowest BCUT2D eigenvalue weighted by molar-refractivity contribution is -0.152. The zero-order valence-electron chi connectivity index (χ0n) is 17.3. The minimum absolute atomic E-state index is 0.0771. The van der Waals surface area contributed by atoms with Gasteiger partial charge in [-0.05, 0) is 53.0 Å². The van der Waals surface area contributed by atoms with Crippen molar-refractivity contribution in [3.05, 3.63) is 35.4 Å². The van der Waals surface area contributed by atoms with Crippen LogP contribution in [0.2, 0.25) is 0 Å². The van der Waals surface area contributed by atoms with E-state index in [9.17, 15) is 9.59 Å². The van der Waals surface area contributed by atoms with Gasteiger partial charge in [0.15, 0.2) is 0 Å². The Morgan fingerprint density at radius 3 is 2.00 bits per heavy atom. The highest BCUT2D eigenvalue weighted by Crippen LogP contribution is 2.30. The van der Waals surface area contributed by atoms with Gasteiger partial charge in [-0.3, -0.25) is 0 Å². The minimum Gasteiger partial charge on any atom is -0.460 e. The second-order valence-electron chi connectivity index (χ2n) is 8.19. The van der Waals surface area contributed by atoms with Gasteiger partial charge in [0.05, 0.1) is 0 Å². The van der Waals surface area contributed by atoms with Gasteiger partial charge in [0, 0.05) is 5.92 Å². The summed E-state index contributed by atoms with van der Waals surface area (Å²) >= 11 is 0. The monoisotopic (exact) mass is 363 g/mol. The van der Waals surface area contributed by atoms with Crippen molar-refractivity contribution in [1.29, 1.82) is 0 Å². The van der Waals surface area contributed by atoms with Crippen molar-refractivity contribution >= 4 is 12.1 Å². The molecule has 0 aromatic heterocycles. The van der Waals surface area contributed by atoms with Crippen molar-refractivity contribution in [2.24, 2.45) is 5.92 Å². The maximum absolute atomic E-state index is 12.4. The molecule has 0 bridgehead atoms. The number of hydrogen-bond donors (Lipinski definition) is 1.